The minimum atomic E-state index is -3.77. The van der Waals surface area contributed by atoms with Crippen LogP contribution in [0.15, 0.2) is 32.1 Å². The Kier molecular flexibility index (Phi) is 3.55. The molecule has 0 unspecified atom stereocenters. The van der Waals surface area contributed by atoms with Crippen molar-refractivity contribution < 1.29 is 12.9 Å². The first-order valence-corrected chi connectivity index (χ1v) is 7.59. The van der Waals surface area contributed by atoms with Gasteiger partial charge in [-0.3, -0.25) is 0 Å². The van der Waals surface area contributed by atoms with Gasteiger partial charge in [0, 0.05) is 5.69 Å². The highest BCUT2D eigenvalue weighted by Crippen LogP contribution is 2.28. The molecule has 0 bridgehead atoms. The van der Waals surface area contributed by atoms with Crippen LogP contribution in [-0.4, -0.2) is 13.6 Å². The third-order valence-corrected chi connectivity index (χ3v) is 4.93. The van der Waals surface area contributed by atoms with E-state index in [9.17, 15) is 8.42 Å². The van der Waals surface area contributed by atoms with Gasteiger partial charge >= 0.3 is 0 Å². The molecule has 0 saturated carbocycles. The molecule has 2 rings (SSSR count). The van der Waals surface area contributed by atoms with E-state index >= 15 is 0 Å². The zero-order chi connectivity index (χ0) is 14.2. The summed E-state index contributed by atoms with van der Waals surface area (Å²) in [7, 11) is -3.77. The lowest BCUT2D eigenvalue weighted by molar-refractivity contribution is 0.430. The Labute approximate surface area is 119 Å². The van der Waals surface area contributed by atoms with Crippen molar-refractivity contribution >= 4 is 37.5 Å². The van der Waals surface area contributed by atoms with Crippen LogP contribution >= 0.6 is 15.9 Å². The van der Waals surface area contributed by atoms with Gasteiger partial charge in [0.2, 0.25) is 0 Å². The Morgan fingerprint density at radius 1 is 1.37 bits per heavy atom. The normalized spacial score (nSPS) is 11.5. The van der Waals surface area contributed by atoms with Crippen LogP contribution in [0, 0.1) is 13.8 Å². The summed E-state index contributed by atoms with van der Waals surface area (Å²) < 4.78 is 32.2. The number of nitrogen functional groups attached to an aromatic ring is 1. The van der Waals surface area contributed by atoms with Gasteiger partial charge in [0.05, 0.1) is 10.6 Å². The summed E-state index contributed by atoms with van der Waals surface area (Å²) in [6.45, 7) is 3.38. The summed E-state index contributed by atoms with van der Waals surface area (Å²) in [5.74, 6) is 0.0410. The maximum absolute atomic E-state index is 12.3. The number of benzene rings is 1. The van der Waals surface area contributed by atoms with E-state index in [1.54, 1.807) is 26.0 Å². The number of anilines is 2. The smallest absolute Gasteiger partial charge is 0.264 e. The number of aromatic nitrogens is 1. The molecule has 0 spiro atoms. The van der Waals surface area contributed by atoms with Crippen molar-refractivity contribution in [2.45, 2.75) is 18.7 Å². The van der Waals surface area contributed by atoms with Crippen molar-refractivity contribution in [2.75, 3.05) is 10.5 Å². The lowest BCUT2D eigenvalue weighted by Crippen LogP contribution is -2.14. The summed E-state index contributed by atoms with van der Waals surface area (Å²) in [5.41, 5.74) is 7.14. The number of hydrogen-bond acceptors (Lipinski definition) is 5. The first kappa shape index (κ1) is 13.9. The molecule has 1 aromatic heterocycles. The second-order valence-electron chi connectivity index (χ2n) is 4.04. The summed E-state index contributed by atoms with van der Waals surface area (Å²) in [6.07, 6.45) is 0. The van der Waals surface area contributed by atoms with Crippen LogP contribution in [0.2, 0.25) is 0 Å². The van der Waals surface area contributed by atoms with Gasteiger partial charge in [-0.05, 0) is 47.5 Å². The third-order valence-electron chi connectivity index (χ3n) is 2.52. The zero-order valence-electron chi connectivity index (χ0n) is 10.3. The quantitative estimate of drug-likeness (QED) is 0.832. The highest BCUT2D eigenvalue weighted by atomic mass is 79.9. The molecule has 102 valence electrons. The minimum absolute atomic E-state index is 0.0410. The van der Waals surface area contributed by atoms with E-state index in [1.165, 1.54) is 6.07 Å². The number of nitrogens with zero attached hydrogens (tertiary/aromatic N) is 1. The summed E-state index contributed by atoms with van der Waals surface area (Å²) in [5, 5.41) is 3.66. The molecule has 19 heavy (non-hydrogen) atoms. The predicted octanol–water partition coefficient (Wildman–Crippen LogP) is 2.44. The van der Waals surface area contributed by atoms with E-state index in [4.69, 9.17) is 10.3 Å². The number of aryl methyl sites for hydroxylation is 2. The lowest BCUT2D eigenvalue weighted by Gasteiger charge is -2.09. The largest absolute Gasteiger partial charge is 0.399 e. The second kappa shape index (κ2) is 4.86. The topological polar surface area (TPSA) is 98.2 Å². The Hall–Kier alpha value is -1.54. The molecule has 1 heterocycles. The zero-order valence-corrected chi connectivity index (χ0v) is 12.7. The first-order chi connectivity index (χ1) is 8.81. The Morgan fingerprint density at radius 2 is 2.05 bits per heavy atom. The molecule has 0 saturated heterocycles. The average molecular weight is 346 g/mol. The lowest BCUT2D eigenvalue weighted by atomic mass is 10.2. The van der Waals surface area contributed by atoms with Crippen LogP contribution in [0.25, 0.3) is 0 Å². The highest BCUT2D eigenvalue weighted by molar-refractivity contribution is 9.10. The standard InChI is InChI=1S/C11H12BrN3O3S/c1-6-3-4-8(13)5-9(6)19(16,17)15-11-10(12)7(2)14-18-11/h3-5,15H,13H2,1-2H3. The van der Waals surface area contributed by atoms with Crippen molar-refractivity contribution in [2.24, 2.45) is 0 Å². The highest BCUT2D eigenvalue weighted by Gasteiger charge is 2.21. The first-order valence-electron chi connectivity index (χ1n) is 5.32. The van der Waals surface area contributed by atoms with Gasteiger partial charge in [-0.15, -0.1) is 0 Å². The molecule has 1 aromatic carbocycles. The van der Waals surface area contributed by atoms with E-state index in [1.807, 2.05) is 0 Å². The molecule has 0 radical (unpaired) electrons. The third kappa shape index (κ3) is 2.74. The van der Waals surface area contributed by atoms with E-state index in [2.05, 4.69) is 25.8 Å². The molecule has 6 nitrogen and oxygen atoms in total. The summed E-state index contributed by atoms with van der Waals surface area (Å²) >= 11 is 3.20. The van der Waals surface area contributed by atoms with E-state index in [0.717, 1.165) is 0 Å². The maximum Gasteiger partial charge on any atom is 0.264 e. The van der Waals surface area contributed by atoms with Crippen molar-refractivity contribution in [1.29, 1.82) is 0 Å². The molecule has 0 aliphatic carbocycles. The Balaban J connectivity index is 2.43. The van der Waals surface area contributed by atoms with Crippen LogP contribution in [-0.2, 0) is 10.0 Å². The molecule has 3 N–H and O–H groups in total. The van der Waals surface area contributed by atoms with Crippen molar-refractivity contribution in [3.63, 3.8) is 0 Å². The van der Waals surface area contributed by atoms with Crippen LogP contribution in [0.3, 0.4) is 0 Å². The van der Waals surface area contributed by atoms with Gasteiger partial charge < -0.3 is 10.3 Å². The van der Waals surface area contributed by atoms with Crippen LogP contribution in [0.4, 0.5) is 11.6 Å². The number of hydrogen-bond donors (Lipinski definition) is 2. The van der Waals surface area contributed by atoms with E-state index in [-0.39, 0.29) is 10.8 Å². The Bertz CT molecular complexity index is 725. The van der Waals surface area contributed by atoms with E-state index < -0.39 is 10.0 Å². The molecule has 0 atom stereocenters. The van der Waals surface area contributed by atoms with Gasteiger partial charge in [0.25, 0.3) is 15.9 Å². The molecule has 0 amide bonds. The molecular weight excluding hydrogens is 334 g/mol. The fourth-order valence-electron chi connectivity index (χ4n) is 1.51. The molecular formula is C11H12BrN3O3S. The Morgan fingerprint density at radius 3 is 2.63 bits per heavy atom. The second-order valence-corrected chi connectivity index (χ2v) is 6.49. The fourth-order valence-corrected chi connectivity index (χ4v) is 3.16. The number of sulfonamides is 1. The van der Waals surface area contributed by atoms with Crippen LogP contribution in [0.1, 0.15) is 11.3 Å². The SMILES string of the molecule is Cc1ccc(N)cc1S(=O)(=O)Nc1onc(C)c1Br. The molecule has 2 aromatic rings. The van der Waals surface area contributed by atoms with Crippen molar-refractivity contribution in [3.8, 4) is 0 Å². The van der Waals surface area contributed by atoms with Gasteiger partial charge in [-0.1, -0.05) is 11.2 Å². The average Bonchev–Trinajstić information content (AvgIpc) is 2.63. The number of nitrogens with two attached hydrogens (primary N) is 1. The predicted molar refractivity (Wildman–Crippen MR) is 75.3 cm³/mol. The molecule has 0 aliphatic rings. The van der Waals surface area contributed by atoms with Gasteiger partial charge in [-0.25, -0.2) is 13.1 Å². The van der Waals surface area contributed by atoms with Gasteiger partial charge in [-0.2, -0.15) is 0 Å². The van der Waals surface area contributed by atoms with Crippen LogP contribution in [0.5, 0.6) is 0 Å². The number of halogens is 1. The summed E-state index contributed by atoms with van der Waals surface area (Å²) in [6, 6.07) is 4.68. The monoisotopic (exact) mass is 345 g/mol. The van der Waals surface area contributed by atoms with Gasteiger partial charge in [0.1, 0.15) is 4.47 Å². The number of rotatable bonds is 3. The summed E-state index contributed by atoms with van der Waals surface area (Å²) in [4.78, 5) is 0.105. The maximum atomic E-state index is 12.3. The molecule has 0 aliphatic heterocycles. The van der Waals surface area contributed by atoms with Gasteiger partial charge in [0.15, 0.2) is 0 Å². The molecule has 0 fully saturated rings. The van der Waals surface area contributed by atoms with Crippen molar-refractivity contribution in [3.05, 3.63) is 33.9 Å². The fraction of sp³-hybridized carbons (Fsp3) is 0.182. The van der Waals surface area contributed by atoms with E-state index in [0.29, 0.717) is 21.4 Å². The number of nitrogens with one attached hydrogen (secondary N) is 1. The minimum Gasteiger partial charge on any atom is -0.399 e. The molecule has 8 heteroatoms. The van der Waals surface area contributed by atoms with Crippen molar-refractivity contribution in [1.82, 2.24) is 5.16 Å². The van der Waals surface area contributed by atoms with Crippen LogP contribution < -0.4 is 10.5 Å².